The van der Waals surface area contributed by atoms with Crippen molar-refractivity contribution < 1.29 is 4.74 Å². The topological polar surface area (TPSA) is 24.5 Å². The van der Waals surface area contributed by atoms with E-state index in [1.807, 2.05) is 0 Å². The number of nitrogens with one attached hydrogen (secondary N) is 1. The first-order valence-electron chi connectivity index (χ1n) is 8.23. The average molecular weight is 290 g/mol. The van der Waals surface area contributed by atoms with Crippen LogP contribution in [0.25, 0.3) is 0 Å². The summed E-state index contributed by atoms with van der Waals surface area (Å²) in [6, 6.07) is 9.79. The third-order valence-electron chi connectivity index (χ3n) is 4.75. The first-order valence-corrected chi connectivity index (χ1v) is 8.23. The van der Waals surface area contributed by atoms with E-state index in [1.54, 1.807) is 0 Å². The minimum Gasteiger partial charge on any atom is -0.377 e. The molecule has 3 heteroatoms. The highest BCUT2D eigenvalue weighted by Gasteiger charge is 2.25. The molecule has 3 unspecified atom stereocenters. The van der Waals surface area contributed by atoms with Crippen LogP contribution < -0.4 is 5.32 Å². The lowest BCUT2D eigenvalue weighted by atomic mass is 9.97. The molecule has 1 heterocycles. The van der Waals surface area contributed by atoms with Crippen LogP contribution in [-0.2, 0) is 11.2 Å². The van der Waals surface area contributed by atoms with E-state index in [0.29, 0.717) is 18.2 Å². The van der Waals surface area contributed by atoms with E-state index in [-0.39, 0.29) is 0 Å². The van der Waals surface area contributed by atoms with Gasteiger partial charge in [-0.05, 0) is 51.4 Å². The molecule has 0 aliphatic carbocycles. The van der Waals surface area contributed by atoms with Crippen LogP contribution in [-0.4, -0.2) is 44.3 Å². The summed E-state index contributed by atoms with van der Waals surface area (Å²) in [6.07, 6.45) is 3.92. The second kappa shape index (κ2) is 7.92. The average Bonchev–Trinajstić information content (AvgIpc) is 3.01. The van der Waals surface area contributed by atoms with Gasteiger partial charge in [-0.1, -0.05) is 31.2 Å². The molecular formula is C18H30N2O. The van der Waals surface area contributed by atoms with Crippen molar-refractivity contribution in [3.8, 4) is 0 Å². The number of ether oxygens (including phenoxy) is 1. The molecule has 21 heavy (non-hydrogen) atoms. The largest absolute Gasteiger partial charge is 0.377 e. The molecule has 0 saturated carbocycles. The van der Waals surface area contributed by atoms with Gasteiger partial charge in [0.05, 0.1) is 6.10 Å². The number of likely N-dealkylation sites (N-methyl/N-ethyl adjacent to an activating group) is 2. The third kappa shape index (κ3) is 4.29. The maximum atomic E-state index is 5.76. The fourth-order valence-corrected chi connectivity index (χ4v) is 3.18. The van der Waals surface area contributed by atoms with Gasteiger partial charge in [-0.15, -0.1) is 0 Å². The van der Waals surface area contributed by atoms with Crippen LogP contribution in [0.3, 0.4) is 0 Å². The van der Waals surface area contributed by atoms with E-state index < -0.39 is 0 Å². The highest BCUT2D eigenvalue weighted by Crippen LogP contribution is 2.22. The smallest absolute Gasteiger partial charge is 0.0702 e. The van der Waals surface area contributed by atoms with Gasteiger partial charge in [0, 0.05) is 25.2 Å². The molecule has 0 radical (unpaired) electrons. The Bertz CT molecular complexity index is 412. The monoisotopic (exact) mass is 290 g/mol. The molecule has 0 aromatic heterocycles. The lowest BCUT2D eigenvalue weighted by Gasteiger charge is -2.33. The SMILES string of the molecule is CCc1ccc(C(NC)C(C)N(C)CC2CCCO2)cc1. The van der Waals surface area contributed by atoms with E-state index in [4.69, 9.17) is 4.74 Å². The number of hydrogen-bond acceptors (Lipinski definition) is 3. The summed E-state index contributed by atoms with van der Waals surface area (Å²) in [7, 11) is 4.26. The minimum atomic E-state index is 0.349. The molecule has 118 valence electrons. The van der Waals surface area contributed by atoms with Crippen LogP contribution in [0.4, 0.5) is 0 Å². The van der Waals surface area contributed by atoms with Crippen molar-refractivity contribution in [3.05, 3.63) is 35.4 Å². The zero-order valence-electron chi connectivity index (χ0n) is 13.9. The summed E-state index contributed by atoms with van der Waals surface area (Å²) in [5.41, 5.74) is 2.76. The summed E-state index contributed by atoms with van der Waals surface area (Å²) in [6.45, 7) is 6.44. The summed E-state index contributed by atoms with van der Waals surface area (Å²) in [4.78, 5) is 2.42. The molecule has 3 atom stereocenters. The zero-order valence-corrected chi connectivity index (χ0v) is 13.9. The van der Waals surface area contributed by atoms with Gasteiger partial charge in [0.1, 0.15) is 0 Å². The minimum absolute atomic E-state index is 0.349. The second-order valence-electron chi connectivity index (χ2n) is 6.18. The van der Waals surface area contributed by atoms with Gasteiger partial charge in [-0.3, -0.25) is 4.90 Å². The Labute approximate surface area is 129 Å². The van der Waals surface area contributed by atoms with Gasteiger partial charge in [-0.2, -0.15) is 0 Å². The molecule has 0 bridgehead atoms. The van der Waals surface area contributed by atoms with Crippen molar-refractivity contribution in [2.45, 2.75) is 51.3 Å². The van der Waals surface area contributed by atoms with Crippen LogP contribution in [0.2, 0.25) is 0 Å². The molecule has 1 aliphatic rings. The molecule has 1 aromatic carbocycles. The quantitative estimate of drug-likeness (QED) is 0.835. The van der Waals surface area contributed by atoms with Gasteiger partial charge >= 0.3 is 0 Å². The number of benzene rings is 1. The molecule has 0 amide bonds. The van der Waals surface area contributed by atoms with Crippen molar-refractivity contribution in [1.29, 1.82) is 0 Å². The summed E-state index contributed by atoms with van der Waals surface area (Å²) < 4.78 is 5.76. The van der Waals surface area contributed by atoms with Gasteiger partial charge in [0.2, 0.25) is 0 Å². The summed E-state index contributed by atoms with van der Waals surface area (Å²) in [5.74, 6) is 0. The highest BCUT2D eigenvalue weighted by molar-refractivity contribution is 5.26. The molecular weight excluding hydrogens is 260 g/mol. The zero-order chi connectivity index (χ0) is 15.2. The number of rotatable bonds is 7. The fraction of sp³-hybridized carbons (Fsp3) is 0.667. The maximum absolute atomic E-state index is 5.76. The Balaban J connectivity index is 2.00. The molecule has 1 aliphatic heterocycles. The second-order valence-corrected chi connectivity index (χ2v) is 6.18. The molecule has 2 rings (SSSR count). The van der Waals surface area contributed by atoms with E-state index in [0.717, 1.165) is 19.6 Å². The van der Waals surface area contributed by atoms with Crippen LogP contribution >= 0.6 is 0 Å². The van der Waals surface area contributed by atoms with Crippen molar-refractivity contribution in [2.24, 2.45) is 0 Å². The predicted octanol–water partition coefficient (Wildman–Crippen LogP) is 3.01. The van der Waals surface area contributed by atoms with Crippen LogP contribution in [0.5, 0.6) is 0 Å². The highest BCUT2D eigenvalue weighted by atomic mass is 16.5. The lowest BCUT2D eigenvalue weighted by Crippen LogP contribution is -2.43. The van der Waals surface area contributed by atoms with Crippen LogP contribution in [0, 0.1) is 0 Å². The summed E-state index contributed by atoms with van der Waals surface area (Å²) in [5, 5.41) is 3.48. The number of nitrogens with zero attached hydrogens (tertiary/aromatic N) is 1. The normalized spacial score (nSPS) is 21.7. The molecule has 3 nitrogen and oxygen atoms in total. The Morgan fingerprint density at radius 1 is 1.33 bits per heavy atom. The number of aryl methyl sites for hydroxylation is 1. The first kappa shape index (κ1) is 16.5. The molecule has 0 spiro atoms. The molecule has 1 fully saturated rings. The molecule has 1 aromatic rings. The Morgan fingerprint density at radius 3 is 2.57 bits per heavy atom. The third-order valence-corrected chi connectivity index (χ3v) is 4.75. The molecule has 1 saturated heterocycles. The standard InChI is InChI=1S/C18H30N2O/c1-5-15-8-10-16(11-9-15)18(19-3)14(2)20(4)13-17-7-6-12-21-17/h8-11,14,17-19H,5-7,12-13H2,1-4H3. The van der Waals surface area contributed by atoms with E-state index >= 15 is 0 Å². The van der Waals surface area contributed by atoms with E-state index in [2.05, 4.69) is 62.4 Å². The van der Waals surface area contributed by atoms with Crippen molar-refractivity contribution in [1.82, 2.24) is 10.2 Å². The lowest BCUT2D eigenvalue weighted by molar-refractivity contribution is 0.0644. The Kier molecular flexibility index (Phi) is 6.22. The van der Waals surface area contributed by atoms with Gasteiger partial charge in [0.15, 0.2) is 0 Å². The summed E-state index contributed by atoms with van der Waals surface area (Å²) >= 11 is 0. The van der Waals surface area contributed by atoms with Gasteiger partial charge < -0.3 is 10.1 Å². The first-order chi connectivity index (χ1) is 10.2. The maximum Gasteiger partial charge on any atom is 0.0702 e. The van der Waals surface area contributed by atoms with Crippen LogP contribution in [0.15, 0.2) is 24.3 Å². The van der Waals surface area contributed by atoms with Crippen LogP contribution in [0.1, 0.15) is 43.9 Å². The molecule has 1 N–H and O–H groups in total. The van der Waals surface area contributed by atoms with Gasteiger partial charge in [0.25, 0.3) is 0 Å². The van der Waals surface area contributed by atoms with Gasteiger partial charge in [-0.25, -0.2) is 0 Å². The van der Waals surface area contributed by atoms with Crippen molar-refractivity contribution in [2.75, 3.05) is 27.2 Å². The fourth-order valence-electron chi connectivity index (χ4n) is 3.18. The van der Waals surface area contributed by atoms with E-state index in [9.17, 15) is 0 Å². The van der Waals surface area contributed by atoms with Crippen molar-refractivity contribution in [3.63, 3.8) is 0 Å². The Morgan fingerprint density at radius 2 is 2.05 bits per heavy atom. The number of hydrogen-bond donors (Lipinski definition) is 1. The Hall–Kier alpha value is -0.900. The van der Waals surface area contributed by atoms with Crippen molar-refractivity contribution >= 4 is 0 Å². The predicted molar refractivity (Wildman–Crippen MR) is 88.7 cm³/mol. The van der Waals surface area contributed by atoms with E-state index in [1.165, 1.54) is 24.0 Å².